The molecule has 0 unspecified atom stereocenters. The van der Waals surface area contributed by atoms with Crippen molar-refractivity contribution in [3.8, 4) is 0 Å². The number of H-pyrrole nitrogens is 1. The number of nitrogens with one attached hydrogen (secondary N) is 1. The van der Waals surface area contributed by atoms with Gasteiger partial charge in [0.05, 0.1) is 24.9 Å². The maximum Gasteiger partial charge on any atom is 0.330 e. The van der Waals surface area contributed by atoms with Crippen LogP contribution < -0.4 is 11.2 Å². The lowest BCUT2D eigenvalue weighted by molar-refractivity contribution is -0.0434. The van der Waals surface area contributed by atoms with Gasteiger partial charge in [0.1, 0.15) is 12.3 Å². The minimum absolute atomic E-state index is 0.0564. The van der Waals surface area contributed by atoms with E-state index in [2.05, 4.69) is 38.8 Å². The number of rotatable bonds is 6. The van der Waals surface area contributed by atoms with Gasteiger partial charge in [-0.3, -0.25) is 14.3 Å². The van der Waals surface area contributed by atoms with Crippen molar-refractivity contribution in [2.24, 2.45) is 0 Å². The molecule has 1 fully saturated rings. The van der Waals surface area contributed by atoms with E-state index in [9.17, 15) is 14.7 Å². The van der Waals surface area contributed by atoms with Gasteiger partial charge in [-0.1, -0.05) is 20.8 Å². The highest BCUT2D eigenvalue weighted by molar-refractivity contribution is 6.74. The van der Waals surface area contributed by atoms with Gasteiger partial charge in [-0.25, -0.2) is 4.79 Å². The highest BCUT2D eigenvalue weighted by Gasteiger charge is 2.41. The van der Waals surface area contributed by atoms with E-state index in [4.69, 9.17) is 13.9 Å². The average molecular weight is 387 g/mol. The summed E-state index contributed by atoms with van der Waals surface area (Å²) in [5, 5.41) is 10.4. The van der Waals surface area contributed by atoms with Crippen molar-refractivity contribution < 1.29 is 19.0 Å². The van der Waals surface area contributed by atoms with E-state index in [1.54, 1.807) is 0 Å². The second kappa shape index (κ2) is 7.77. The Morgan fingerprint density at radius 3 is 2.62 bits per heavy atom. The molecule has 1 aromatic heterocycles. The third-order valence-electron chi connectivity index (χ3n) is 5.27. The fourth-order valence-electron chi connectivity index (χ4n) is 2.54. The van der Waals surface area contributed by atoms with Crippen molar-refractivity contribution in [1.82, 2.24) is 9.55 Å². The van der Waals surface area contributed by atoms with Gasteiger partial charge in [-0.05, 0) is 18.1 Å². The summed E-state index contributed by atoms with van der Waals surface area (Å²) in [6, 6.07) is 0. The molecule has 0 amide bonds. The normalized spacial score (nSPS) is 24.2. The van der Waals surface area contributed by atoms with Crippen LogP contribution in [0.2, 0.25) is 18.1 Å². The number of ether oxygens (including phenoxy) is 2. The number of methoxy groups -OCH3 is 1. The van der Waals surface area contributed by atoms with E-state index in [0.717, 1.165) is 0 Å². The van der Waals surface area contributed by atoms with E-state index >= 15 is 0 Å². The quantitative estimate of drug-likeness (QED) is 0.716. The molecule has 2 heterocycles. The Morgan fingerprint density at radius 2 is 2.04 bits per heavy atom. The second-order valence-electron chi connectivity index (χ2n) is 8.26. The molecule has 2 rings (SSSR count). The summed E-state index contributed by atoms with van der Waals surface area (Å²) < 4.78 is 18.3. The lowest BCUT2D eigenvalue weighted by Gasteiger charge is -2.37. The number of hydrogen-bond donors (Lipinski definition) is 2. The largest absolute Gasteiger partial charge is 0.414 e. The first-order valence-electron chi connectivity index (χ1n) is 8.77. The van der Waals surface area contributed by atoms with Crippen LogP contribution in [0.1, 0.15) is 39.0 Å². The zero-order valence-corrected chi connectivity index (χ0v) is 17.4. The Hall–Kier alpha value is -1.26. The standard InChI is InChI=1S/C17H30N2O6Si/c1-17(2,3)26(5,6)24-10-13-12(20)7-14(25-13)19-8-11(9-23-4)15(21)18-16(19)22/h8,12-14,20H,7,9-10H2,1-6H3,(H,18,21,22)/t12-,13+,14+/m0/s1. The zero-order chi connectivity index (χ0) is 19.7. The monoisotopic (exact) mass is 386 g/mol. The molecule has 1 aromatic rings. The number of aliphatic hydroxyl groups excluding tert-OH is 1. The molecular weight excluding hydrogens is 356 g/mol. The summed E-state index contributed by atoms with van der Waals surface area (Å²) in [6.07, 6.45) is -0.227. The molecule has 3 atom stereocenters. The molecule has 0 radical (unpaired) electrons. The van der Waals surface area contributed by atoms with Gasteiger partial charge >= 0.3 is 5.69 Å². The summed E-state index contributed by atoms with van der Waals surface area (Å²) in [5.41, 5.74) is -0.728. The van der Waals surface area contributed by atoms with Crippen molar-refractivity contribution in [2.75, 3.05) is 13.7 Å². The molecule has 0 bridgehead atoms. The molecule has 0 aliphatic carbocycles. The number of aromatic nitrogens is 2. The van der Waals surface area contributed by atoms with E-state index in [1.165, 1.54) is 17.9 Å². The van der Waals surface area contributed by atoms with E-state index in [0.29, 0.717) is 5.56 Å². The maximum absolute atomic E-state index is 12.1. The highest BCUT2D eigenvalue weighted by Crippen LogP contribution is 2.37. The summed E-state index contributed by atoms with van der Waals surface area (Å²) >= 11 is 0. The Labute approximate surface area is 154 Å². The Balaban J connectivity index is 2.13. The van der Waals surface area contributed by atoms with E-state index < -0.39 is 38.0 Å². The molecule has 148 valence electrons. The molecule has 1 saturated heterocycles. The molecule has 0 aromatic carbocycles. The summed E-state index contributed by atoms with van der Waals surface area (Å²) in [4.78, 5) is 26.2. The summed E-state index contributed by atoms with van der Waals surface area (Å²) in [5.74, 6) is 0. The predicted octanol–water partition coefficient (Wildman–Crippen LogP) is 1.35. The SMILES string of the molecule is COCc1cn([C@H]2C[C@H](O)[C@@H](CO[Si](C)(C)C(C)(C)C)O2)c(=O)[nH]c1=O. The molecule has 9 heteroatoms. The van der Waals surface area contributed by atoms with Crippen molar-refractivity contribution in [1.29, 1.82) is 0 Å². The third kappa shape index (κ3) is 4.52. The molecule has 1 aliphatic heterocycles. The Kier molecular flexibility index (Phi) is 6.29. The first kappa shape index (κ1) is 21.0. The Morgan fingerprint density at radius 1 is 1.38 bits per heavy atom. The molecule has 1 aliphatic rings. The van der Waals surface area contributed by atoms with Gasteiger partial charge in [0.15, 0.2) is 8.32 Å². The van der Waals surface area contributed by atoms with Gasteiger partial charge in [-0.15, -0.1) is 0 Å². The molecule has 26 heavy (non-hydrogen) atoms. The molecular formula is C17H30N2O6Si. The molecule has 0 saturated carbocycles. The van der Waals surface area contributed by atoms with Crippen molar-refractivity contribution in [3.05, 3.63) is 32.6 Å². The summed E-state index contributed by atoms with van der Waals surface area (Å²) in [7, 11) is -0.494. The molecule has 8 nitrogen and oxygen atoms in total. The van der Waals surface area contributed by atoms with E-state index in [1.807, 2.05) is 0 Å². The van der Waals surface area contributed by atoms with Gasteiger partial charge in [0.25, 0.3) is 5.56 Å². The molecule has 2 N–H and O–H groups in total. The number of nitrogens with zero attached hydrogens (tertiary/aromatic N) is 1. The highest BCUT2D eigenvalue weighted by atomic mass is 28.4. The topological polar surface area (TPSA) is 103 Å². The first-order chi connectivity index (χ1) is 12.0. The minimum atomic E-state index is -1.97. The lowest BCUT2D eigenvalue weighted by atomic mass is 10.2. The van der Waals surface area contributed by atoms with Gasteiger partial charge in [0.2, 0.25) is 0 Å². The van der Waals surface area contributed by atoms with Gasteiger partial charge in [-0.2, -0.15) is 0 Å². The summed E-state index contributed by atoms with van der Waals surface area (Å²) in [6.45, 7) is 11.1. The average Bonchev–Trinajstić information content (AvgIpc) is 2.88. The van der Waals surface area contributed by atoms with Crippen LogP contribution in [0, 0.1) is 0 Å². The third-order valence-corrected chi connectivity index (χ3v) is 9.77. The van der Waals surface area contributed by atoms with Crippen LogP contribution in [0.3, 0.4) is 0 Å². The first-order valence-corrected chi connectivity index (χ1v) is 11.7. The van der Waals surface area contributed by atoms with E-state index in [-0.39, 0.29) is 24.7 Å². The number of aromatic amines is 1. The van der Waals surface area contributed by atoms with Crippen molar-refractivity contribution in [3.63, 3.8) is 0 Å². The van der Waals surface area contributed by atoms with Crippen LogP contribution in [0.15, 0.2) is 15.8 Å². The van der Waals surface area contributed by atoms with Crippen LogP contribution in [-0.2, 0) is 20.5 Å². The fourth-order valence-corrected chi connectivity index (χ4v) is 3.56. The van der Waals surface area contributed by atoms with Crippen LogP contribution in [0.4, 0.5) is 0 Å². The zero-order valence-electron chi connectivity index (χ0n) is 16.4. The second-order valence-corrected chi connectivity index (χ2v) is 13.1. The van der Waals surface area contributed by atoms with Crippen LogP contribution in [-0.4, -0.2) is 48.9 Å². The number of hydrogen-bond acceptors (Lipinski definition) is 6. The predicted molar refractivity (Wildman–Crippen MR) is 99.7 cm³/mol. The van der Waals surface area contributed by atoms with Crippen LogP contribution in [0.5, 0.6) is 0 Å². The van der Waals surface area contributed by atoms with Crippen LogP contribution in [0.25, 0.3) is 0 Å². The van der Waals surface area contributed by atoms with Crippen LogP contribution >= 0.6 is 0 Å². The fraction of sp³-hybridized carbons (Fsp3) is 0.765. The minimum Gasteiger partial charge on any atom is -0.414 e. The molecule has 0 spiro atoms. The van der Waals surface area contributed by atoms with Crippen molar-refractivity contribution >= 4 is 8.32 Å². The van der Waals surface area contributed by atoms with Gasteiger partial charge in [0, 0.05) is 19.7 Å². The number of aliphatic hydroxyl groups is 1. The van der Waals surface area contributed by atoms with Crippen molar-refractivity contribution in [2.45, 2.75) is 70.4 Å². The lowest BCUT2D eigenvalue weighted by Crippen LogP contribution is -2.44. The van der Waals surface area contributed by atoms with Gasteiger partial charge < -0.3 is 19.0 Å². The maximum atomic E-state index is 12.1. The Bertz CT molecular complexity index is 736. The smallest absolute Gasteiger partial charge is 0.330 e.